The Morgan fingerprint density at radius 2 is 1.34 bits per heavy atom. The molecule has 1 aliphatic rings. The molecule has 0 N–H and O–H groups in total. The van der Waals surface area contributed by atoms with E-state index in [-0.39, 0.29) is 0 Å². The Labute approximate surface area is 317 Å². The van der Waals surface area contributed by atoms with Gasteiger partial charge in [0.25, 0.3) is 0 Å². The number of benzene rings is 6. The van der Waals surface area contributed by atoms with Crippen molar-refractivity contribution >= 4 is 63.9 Å². The summed E-state index contributed by atoms with van der Waals surface area (Å²) in [5, 5.41) is 3.93. The van der Waals surface area contributed by atoms with E-state index in [1.165, 1.54) is 38.4 Å². The third-order valence-electron chi connectivity index (χ3n) is 11.7. The maximum absolute atomic E-state index is 6.84. The first kappa shape index (κ1) is 34.1. The van der Waals surface area contributed by atoms with Crippen LogP contribution < -0.4 is 9.58 Å². The molecule has 3 nitrogen and oxygen atoms in total. The van der Waals surface area contributed by atoms with Crippen LogP contribution in [0.2, 0.25) is 29.5 Å². The number of imidazole rings is 1. The van der Waals surface area contributed by atoms with Crippen LogP contribution in [0.3, 0.4) is 0 Å². The predicted octanol–water partition coefficient (Wildman–Crippen LogP) is 12.6. The van der Waals surface area contributed by atoms with Crippen molar-refractivity contribution in [3.8, 4) is 39.3 Å². The van der Waals surface area contributed by atoms with Crippen molar-refractivity contribution in [2.24, 2.45) is 0 Å². The minimum atomic E-state index is -1.97. The van der Waals surface area contributed by atoms with E-state index in [4.69, 9.17) is 9.40 Å². The van der Waals surface area contributed by atoms with E-state index in [0.717, 1.165) is 49.9 Å². The average Bonchev–Trinajstić information content (AvgIpc) is 3.77. The van der Waals surface area contributed by atoms with Gasteiger partial charge < -0.3 is 4.42 Å². The molecule has 0 saturated heterocycles. The van der Waals surface area contributed by atoms with Crippen molar-refractivity contribution in [1.29, 1.82) is 0 Å². The summed E-state index contributed by atoms with van der Waals surface area (Å²) in [6.07, 6.45) is 0. The number of para-hydroxylation sites is 3. The van der Waals surface area contributed by atoms with E-state index < -0.39 is 21.3 Å². The van der Waals surface area contributed by atoms with Crippen molar-refractivity contribution in [3.63, 3.8) is 0 Å². The Balaban J connectivity index is 1.28. The van der Waals surface area contributed by atoms with Crippen LogP contribution in [0, 0.1) is 0 Å². The van der Waals surface area contributed by atoms with Gasteiger partial charge in [0.05, 0.1) is 0 Å². The van der Waals surface area contributed by atoms with Gasteiger partial charge in [-0.1, -0.05) is 54.6 Å². The average molecular weight is 770 g/mol. The number of furan rings is 1. The molecule has 0 spiro atoms. The van der Waals surface area contributed by atoms with E-state index in [9.17, 15) is 0 Å². The summed E-state index contributed by atoms with van der Waals surface area (Å²) in [5.41, 5.74) is 13.8. The number of rotatable bonds is 6. The molecule has 6 aromatic carbocycles. The number of nitrogens with zero attached hydrogens (tertiary/aromatic N) is 2. The Morgan fingerprint density at radius 3 is 2.08 bits per heavy atom. The second kappa shape index (κ2) is 12.5. The van der Waals surface area contributed by atoms with Crippen molar-refractivity contribution < 1.29 is 4.42 Å². The van der Waals surface area contributed by atoms with Crippen LogP contribution in [0.5, 0.6) is 0 Å². The molecule has 0 aliphatic carbocycles. The standard InChI is InChI=1S/C48H48GeN2OSi/c1-30(2)39-25-35(34-22-24-41-45(28-34)53(7,8)29-49(41,5)6)26-40(31(3)4)46(39)51-43-20-13-12-19-42(43)50-48(51)38-18-14-17-37-36-23-21-33(27-44(36)52-47(37)38)32-15-10-9-11-16-32/h9-28,30-31H,29H2,1-8H3. The van der Waals surface area contributed by atoms with Crippen molar-refractivity contribution in [2.75, 3.05) is 0 Å². The second-order valence-corrected chi connectivity index (χ2v) is 33.1. The fourth-order valence-electron chi connectivity index (χ4n) is 9.37. The number of aromatic nitrogens is 2. The fourth-order valence-corrected chi connectivity index (χ4v) is 36.3. The molecular formula is C48H48GeN2OSi. The Hall–Kier alpha value is -4.65. The summed E-state index contributed by atoms with van der Waals surface area (Å²) in [4.78, 5) is 6.90. The van der Waals surface area contributed by atoms with E-state index in [1.54, 1.807) is 9.58 Å². The topological polar surface area (TPSA) is 31.0 Å². The second-order valence-electron chi connectivity index (χ2n) is 17.1. The van der Waals surface area contributed by atoms with E-state index in [0.29, 0.717) is 11.8 Å². The normalized spacial score (nSPS) is 15.0. The van der Waals surface area contributed by atoms with Crippen LogP contribution in [-0.2, 0) is 0 Å². The number of hydrogen-bond donors (Lipinski definition) is 0. The fraction of sp³-hybridized carbons (Fsp3) is 0.229. The van der Waals surface area contributed by atoms with Gasteiger partial charge in [-0.25, -0.2) is 0 Å². The molecule has 0 saturated carbocycles. The Morgan fingerprint density at radius 1 is 0.660 bits per heavy atom. The van der Waals surface area contributed by atoms with Gasteiger partial charge in [-0.15, -0.1) is 0 Å². The number of hydrogen-bond acceptors (Lipinski definition) is 2. The first-order valence-corrected chi connectivity index (χ1v) is 29.2. The Bertz CT molecular complexity index is 2690. The summed E-state index contributed by atoms with van der Waals surface area (Å²) >= 11 is -1.97. The summed E-state index contributed by atoms with van der Waals surface area (Å²) in [6, 6.07) is 44.7. The van der Waals surface area contributed by atoms with Crippen molar-refractivity contribution in [2.45, 2.75) is 69.0 Å². The molecule has 0 radical (unpaired) electrons. The van der Waals surface area contributed by atoms with Gasteiger partial charge in [0.2, 0.25) is 0 Å². The zero-order chi connectivity index (χ0) is 36.8. The summed E-state index contributed by atoms with van der Waals surface area (Å²) in [6.45, 7) is 14.5. The molecule has 2 aromatic heterocycles. The molecule has 8 aromatic rings. The van der Waals surface area contributed by atoms with Crippen LogP contribution in [-0.4, -0.2) is 30.9 Å². The van der Waals surface area contributed by atoms with Gasteiger partial charge in [-0.05, 0) is 23.3 Å². The first-order valence-electron chi connectivity index (χ1n) is 19.2. The molecule has 9 rings (SSSR count). The Kier molecular flexibility index (Phi) is 8.03. The van der Waals surface area contributed by atoms with Crippen LogP contribution in [0.25, 0.3) is 72.3 Å². The summed E-state index contributed by atoms with van der Waals surface area (Å²) in [7, 11) is -1.46. The molecule has 0 fully saturated rings. The van der Waals surface area contributed by atoms with Gasteiger partial charge >= 0.3 is 220 Å². The summed E-state index contributed by atoms with van der Waals surface area (Å²) in [5.74, 6) is 6.73. The monoisotopic (exact) mass is 770 g/mol. The molecule has 0 unspecified atom stereocenters. The van der Waals surface area contributed by atoms with Gasteiger partial charge in [-0.3, -0.25) is 0 Å². The van der Waals surface area contributed by atoms with Gasteiger partial charge in [-0.2, -0.15) is 0 Å². The van der Waals surface area contributed by atoms with Crippen LogP contribution in [0.4, 0.5) is 0 Å². The van der Waals surface area contributed by atoms with Gasteiger partial charge in [0.1, 0.15) is 5.58 Å². The molecule has 1 aliphatic heterocycles. The van der Waals surface area contributed by atoms with E-state index in [2.05, 4.69) is 178 Å². The van der Waals surface area contributed by atoms with Crippen molar-refractivity contribution in [3.05, 3.63) is 132 Å². The van der Waals surface area contributed by atoms with E-state index >= 15 is 0 Å². The van der Waals surface area contributed by atoms with E-state index in [1.807, 2.05) is 0 Å². The third kappa shape index (κ3) is 5.56. The molecular weight excluding hydrogens is 721 g/mol. The third-order valence-corrected chi connectivity index (χ3v) is 31.0. The molecule has 0 bridgehead atoms. The molecule has 0 amide bonds. The van der Waals surface area contributed by atoms with Crippen LogP contribution in [0.1, 0.15) is 50.7 Å². The maximum atomic E-state index is 6.84. The first-order chi connectivity index (χ1) is 25.4. The molecule has 264 valence electrons. The predicted molar refractivity (Wildman–Crippen MR) is 232 cm³/mol. The van der Waals surface area contributed by atoms with Crippen molar-refractivity contribution in [1.82, 2.24) is 9.55 Å². The van der Waals surface area contributed by atoms with Gasteiger partial charge in [0.15, 0.2) is 0 Å². The zero-order valence-corrected chi connectivity index (χ0v) is 35.3. The summed E-state index contributed by atoms with van der Waals surface area (Å²) < 4.78 is 11.0. The molecule has 5 heteroatoms. The minimum absolute atomic E-state index is 0.295. The van der Waals surface area contributed by atoms with Crippen LogP contribution in [0.15, 0.2) is 126 Å². The molecule has 3 heterocycles. The zero-order valence-electron chi connectivity index (χ0n) is 32.2. The molecule has 53 heavy (non-hydrogen) atoms. The SMILES string of the molecule is CC(C)c1cc(-c2cc[c]3c(c2)[Si](C)(C)[CH2][Ge]3([CH3])[CH3])cc(C(C)C)c1-n1c(-c2cccc3c2oc2cc(-c4ccccc4)ccc23)nc2ccccc21. The van der Waals surface area contributed by atoms with Gasteiger partial charge in [0, 0.05) is 10.8 Å². The quantitative estimate of drug-likeness (QED) is 0.158. The number of fused-ring (bicyclic) bond motifs is 5. The molecule has 0 atom stereocenters. The van der Waals surface area contributed by atoms with Crippen LogP contribution >= 0.6 is 0 Å².